The Morgan fingerprint density at radius 2 is 1.63 bits per heavy atom. The molecule has 3 amide bonds. The second kappa shape index (κ2) is 12.2. The topological polar surface area (TPSA) is 185 Å². The summed E-state index contributed by atoms with van der Waals surface area (Å²) in [5, 5.41) is 25.3. The minimum atomic E-state index is -1.35. The van der Waals surface area contributed by atoms with Crippen molar-refractivity contribution in [3.63, 3.8) is 0 Å². The third-order valence-corrected chi connectivity index (χ3v) is 6.55. The fourth-order valence-corrected chi connectivity index (χ4v) is 4.30. The quantitative estimate of drug-likeness (QED) is 0.304. The van der Waals surface area contributed by atoms with Crippen LogP contribution in [0.5, 0.6) is 5.75 Å². The van der Waals surface area contributed by atoms with Gasteiger partial charge in [-0.1, -0.05) is 5.16 Å². The van der Waals surface area contributed by atoms with E-state index in [0.717, 1.165) is 6.07 Å². The number of benzene rings is 3. The van der Waals surface area contributed by atoms with Crippen molar-refractivity contribution in [2.24, 2.45) is 0 Å². The van der Waals surface area contributed by atoms with Crippen molar-refractivity contribution in [2.45, 2.75) is 0 Å². The summed E-state index contributed by atoms with van der Waals surface area (Å²) in [5.41, 5.74) is 1.21. The lowest BCUT2D eigenvalue weighted by atomic mass is 9.98. The van der Waals surface area contributed by atoms with E-state index in [4.69, 9.17) is 24.0 Å². The number of nitrogens with one attached hydrogen (secondary N) is 1. The molecule has 0 spiro atoms. The van der Waals surface area contributed by atoms with Crippen molar-refractivity contribution in [2.75, 3.05) is 50.5 Å². The predicted octanol–water partition coefficient (Wildman–Crippen LogP) is 4.73. The number of carboxylic acids is 1. The van der Waals surface area contributed by atoms with E-state index in [1.165, 1.54) is 63.4 Å². The van der Waals surface area contributed by atoms with Crippen LogP contribution in [-0.2, 0) is 9.47 Å². The van der Waals surface area contributed by atoms with Gasteiger partial charge in [0.1, 0.15) is 5.75 Å². The molecular formula is C29H25N5O9. The summed E-state index contributed by atoms with van der Waals surface area (Å²) in [4.78, 5) is 52.4. The maximum atomic E-state index is 13.4. The van der Waals surface area contributed by atoms with Gasteiger partial charge in [-0.2, -0.15) is 5.26 Å². The first kappa shape index (κ1) is 29.9. The summed E-state index contributed by atoms with van der Waals surface area (Å²) in [6.45, 7) is 0. The Morgan fingerprint density at radius 3 is 2.26 bits per heavy atom. The molecule has 3 aromatic carbocycles. The Labute approximate surface area is 244 Å². The molecule has 0 atom stereocenters. The van der Waals surface area contributed by atoms with Gasteiger partial charge >= 0.3 is 18.2 Å². The molecule has 0 aliphatic rings. The smallest absolute Gasteiger partial charge is 0.413 e. The number of amides is 3. The first-order valence-electron chi connectivity index (χ1n) is 12.4. The predicted molar refractivity (Wildman–Crippen MR) is 154 cm³/mol. The van der Waals surface area contributed by atoms with Gasteiger partial charge in [-0.05, 0) is 42.5 Å². The normalized spacial score (nSPS) is 10.4. The average molecular weight is 588 g/mol. The van der Waals surface area contributed by atoms with E-state index in [9.17, 15) is 24.3 Å². The number of methoxy groups -OCH3 is 3. The molecule has 43 heavy (non-hydrogen) atoms. The molecule has 0 unspecified atom stereocenters. The first-order valence-corrected chi connectivity index (χ1v) is 12.4. The highest BCUT2D eigenvalue weighted by Crippen LogP contribution is 2.42. The number of hydrogen-bond donors (Lipinski definition) is 2. The number of fused-ring (bicyclic) bond motifs is 1. The molecule has 0 bridgehead atoms. The van der Waals surface area contributed by atoms with Gasteiger partial charge in [0, 0.05) is 37.0 Å². The summed E-state index contributed by atoms with van der Waals surface area (Å²) < 4.78 is 20.7. The summed E-state index contributed by atoms with van der Waals surface area (Å²) in [7, 11) is 6.89. The Hall–Kier alpha value is -6.10. The standard InChI is InChI=1S/C29H25N5O9/c1-33(28(38)41-4)16-7-9-23(40-3)18(11-16)17-12-20-24(13-22(17)34(2)29(39)42-5)43-32-25(20)26(35)31-21-8-6-15(14-30)10-19(21)27(36)37/h6-13H,1-5H3,(H,31,35)(H,36,37). The maximum Gasteiger partial charge on any atom is 0.413 e. The second-order valence-corrected chi connectivity index (χ2v) is 8.97. The molecule has 0 fully saturated rings. The van der Waals surface area contributed by atoms with Crippen LogP contribution in [0, 0.1) is 11.3 Å². The van der Waals surface area contributed by atoms with Crippen molar-refractivity contribution in [1.29, 1.82) is 5.26 Å². The molecular weight excluding hydrogens is 562 g/mol. The summed E-state index contributed by atoms with van der Waals surface area (Å²) in [6.07, 6.45) is -1.33. The number of anilines is 3. The molecule has 4 aromatic rings. The third kappa shape index (κ3) is 5.72. The Balaban J connectivity index is 1.91. The van der Waals surface area contributed by atoms with Crippen LogP contribution in [-0.4, -0.2) is 69.8 Å². The number of carbonyl (C=O) groups is 4. The summed E-state index contributed by atoms with van der Waals surface area (Å²) in [5.74, 6) is -1.77. The lowest BCUT2D eigenvalue weighted by molar-refractivity contribution is 0.0698. The van der Waals surface area contributed by atoms with Gasteiger partial charge in [0.2, 0.25) is 0 Å². The molecule has 220 valence electrons. The SMILES string of the molecule is COC(=O)N(C)c1ccc(OC)c(-c2cc3c(C(=O)Nc4ccc(C#N)cc4C(=O)O)noc3cc2N(C)C(=O)OC)c1. The minimum Gasteiger partial charge on any atom is -0.496 e. The van der Waals surface area contributed by atoms with E-state index in [-0.39, 0.29) is 33.5 Å². The molecule has 2 N–H and O–H groups in total. The largest absolute Gasteiger partial charge is 0.496 e. The Morgan fingerprint density at radius 1 is 0.930 bits per heavy atom. The number of aromatic nitrogens is 1. The van der Waals surface area contributed by atoms with Crippen molar-refractivity contribution in [1.82, 2.24) is 5.16 Å². The van der Waals surface area contributed by atoms with E-state index < -0.39 is 24.1 Å². The molecule has 0 aliphatic heterocycles. The Kier molecular flexibility index (Phi) is 8.47. The molecule has 0 aliphatic carbocycles. The number of hydrogen-bond acceptors (Lipinski definition) is 10. The second-order valence-electron chi connectivity index (χ2n) is 8.97. The van der Waals surface area contributed by atoms with Crippen LogP contribution in [0.2, 0.25) is 0 Å². The van der Waals surface area contributed by atoms with Crippen molar-refractivity contribution >= 4 is 52.1 Å². The van der Waals surface area contributed by atoms with Crippen LogP contribution in [0.4, 0.5) is 26.7 Å². The van der Waals surface area contributed by atoms with Gasteiger partial charge in [0.05, 0.1) is 55.3 Å². The van der Waals surface area contributed by atoms with Gasteiger partial charge in [0.15, 0.2) is 11.3 Å². The zero-order chi connectivity index (χ0) is 31.4. The summed E-state index contributed by atoms with van der Waals surface area (Å²) >= 11 is 0. The van der Waals surface area contributed by atoms with Gasteiger partial charge in [-0.15, -0.1) is 0 Å². The van der Waals surface area contributed by atoms with Gasteiger partial charge in [0.25, 0.3) is 5.91 Å². The van der Waals surface area contributed by atoms with E-state index in [0.29, 0.717) is 28.3 Å². The van der Waals surface area contributed by atoms with E-state index >= 15 is 0 Å². The number of nitrogens with zero attached hydrogens (tertiary/aromatic N) is 4. The lowest BCUT2D eigenvalue weighted by Gasteiger charge is -2.22. The Bertz CT molecular complexity index is 1810. The lowest BCUT2D eigenvalue weighted by Crippen LogP contribution is -2.27. The monoisotopic (exact) mass is 587 g/mol. The minimum absolute atomic E-state index is 0.0601. The number of ether oxygens (including phenoxy) is 3. The first-order chi connectivity index (χ1) is 20.5. The van der Waals surface area contributed by atoms with Crippen LogP contribution >= 0.6 is 0 Å². The highest BCUT2D eigenvalue weighted by molar-refractivity contribution is 6.14. The van der Waals surface area contributed by atoms with Crippen LogP contribution in [0.25, 0.3) is 22.1 Å². The van der Waals surface area contributed by atoms with E-state index in [1.807, 2.05) is 6.07 Å². The zero-order valence-corrected chi connectivity index (χ0v) is 23.6. The van der Waals surface area contributed by atoms with Crippen molar-refractivity contribution in [3.05, 3.63) is 65.4 Å². The molecule has 0 saturated carbocycles. The highest BCUT2D eigenvalue weighted by atomic mass is 16.5. The molecule has 1 heterocycles. The molecule has 0 saturated heterocycles. The average Bonchev–Trinajstić information content (AvgIpc) is 3.45. The van der Waals surface area contributed by atoms with Crippen molar-refractivity contribution < 1.29 is 43.0 Å². The van der Waals surface area contributed by atoms with Crippen LogP contribution in [0.3, 0.4) is 0 Å². The molecule has 1 aromatic heterocycles. The summed E-state index contributed by atoms with van der Waals surface area (Å²) in [6, 6.07) is 13.6. The highest BCUT2D eigenvalue weighted by Gasteiger charge is 2.26. The van der Waals surface area contributed by atoms with E-state index in [2.05, 4.69) is 10.5 Å². The number of nitriles is 1. The van der Waals surface area contributed by atoms with Crippen molar-refractivity contribution in [3.8, 4) is 22.9 Å². The van der Waals surface area contributed by atoms with Gasteiger partial charge in [-0.3, -0.25) is 14.6 Å². The molecule has 4 rings (SSSR count). The van der Waals surface area contributed by atoms with Crippen LogP contribution < -0.4 is 19.9 Å². The fraction of sp³-hybridized carbons (Fsp3) is 0.172. The maximum absolute atomic E-state index is 13.4. The molecule has 14 nitrogen and oxygen atoms in total. The fourth-order valence-electron chi connectivity index (χ4n) is 4.30. The van der Waals surface area contributed by atoms with E-state index in [1.54, 1.807) is 24.3 Å². The number of carboxylic acid groups (broad SMARTS) is 1. The number of carbonyl (C=O) groups excluding carboxylic acids is 3. The van der Waals surface area contributed by atoms with Gasteiger partial charge < -0.3 is 29.2 Å². The van der Waals surface area contributed by atoms with Gasteiger partial charge in [-0.25, -0.2) is 14.4 Å². The van der Waals surface area contributed by atoms with Crippen LogP contribution in [0.15, 0.2) is 53.1 Å². The third-order valence-electron chi connectivity index (χ3n) is 6.55. The molecule has 14 heteroatoms. The molecule has 0 radical (unpaired) electrons. The van der Waals surface area contributed by atoms with Crippen LogP contribution in [0.1, 0.15) is 26.4 Å². The number of rotatable bonds is 7. The number of aromatic carboxylic acids is 1. The zero-order valence-electron chi connectivity index (χ0n) is 23.6.